The van der Waals surface area contributed by atoms with Crippen LogP contribution in [0.4, 0.5) is 0 Å². The van der Waals surface area contributed by atoms with Gasteiger partial charge in [-0.1, -0.05) is 12.8 Å². The van der Waals surface area contributed by atoms with E-state index < -0.39 is 0 Å². The minimum atomic E-state index is 0.209. The molecule has 0 radical (unpaired) electrons. The van der Waals surface area contributed by atoms with Gasteiger partial charge in [-0.2, -0.15) is 0 Å². The quantitative estimate of drug-likeness (QED) is 0.806. The molecule has 3 rings (SSSR count). The zero-order valence-corrected chi connectivity index (χ0v) is 12.7. The summed E-state index contributed by atoms with van der Waals surface area (Å²) in [7, 11) is 1.77. The first-order valence-electron chi connectivity index (χ1n) is 8.17. The highest BCUT2D eigenvalue weighted by Gasteiger charge is 2.57. The van der Waals surface area contributed by atoms with Gasteiger partial charge in [0.05, 0.1) is 6.61 Å². The molecule has 4 heteroatoms. The minimum absolute atomic E-state index is 0.209. The molecule has 1 amide bonds. The van der Waals surface area contributed by atoms with Crippen LogP contribution in [0.5, 0.6) is 0 Å². The van der Waals surface area contributed by atoms with E-state index in [0.29, 0.717) is 11.3 Å². The fourth-order valence-electron chi connectivity index (χ4n) is 4.40. The molecule has 20 heavy (non-hydrogen) atoms. The van der Waals surface area contributed by atoms with Crippen molar-refractivity contribution in [1.82, 2.24) is 10.6 Å². The Morgan fingerprint density at radius 3 is 2.60 bits per heavy atom. The lowest BCUT2D eigenvalue weighted by molar-refractivity contribution is -0.124. The number of methoxy groups -OCH3 is 1. The minimum Gasteiger partial charge on any atom is -0.384 e. The molecular formula is C16H28N2O2. The summed E-state index contributed by atoms with van der Waals surface area (Å²) in [5, 5.41) is 6.64. The summed E-state index contributed by atoms with van der Waals surface area (Å²) in [4.78, 5) is 12.4. The van der Waals surface area contributed by atoms with E-state index in [-0.39, 0.29) is 11.3 Å². The van der Waals surface area contributed by atoms with Gasteiger partial charge in [0.2, 0.25) is 5.91 Å². The van der Waals surface area contributed by atoms with Gasteiger partial charge in [-0.25, -0.2) is 0 Å². The molecule has 1 atom stereocenters. The van der Waals surface area contributed by atoms with Crippen LogP contribution in [0.3, 0.4) is 0 Å². The monoisotopic (exact) mass is 280 g/mol. The number of hydrogen-bond acceptors (Lipinski definition) is 3. The topological polar surface area (TPSA) is 50.4 Å². The van der Waals surface area contributed by atoms with Crippen molar-refractivity contribution in [3.63, 3.8) is 0 Å². The zero-order valence-electron chi connectivity index (χ0n) is 12.7. The second-order valence-electron chi connectivity index (χ2n) is 7.23. The Kier molecular flexibility index (Phi) is 4.04. The molecule has 0 aromatic carbocycles. The Bertz CT molecular complexity index is 357. The second kappa shape index (κ2) is 5.64. The van der Waals surface area contributed by atoms with Gasteiger partial charge in [-0.05, 0) is 50.6 Å². The first-order chi connectivity index (χ1) is 9.70. The van der Waals surface area contributed by atoms with Crippen molar-refractivity contribution in [2.24, 2.45) is 16.7 Å². The molecule has 0 aromatic heterocycles. The molecule has 114 valence electrons. The van der Waals surface area contributed by atoms with Crippen molar-refractivity contribution in [2.75, 3.05) is 33.4 Å². The SMILES string of the molecule is COCC1(CNC(=O)[C@@H]2CC23CCNCC3)CCCC1. The van der Waals surface area contributed by atoms with Gasteiger partial charge < -0.3 is 15.4 Å². The number of nitrogens with one attached hydrogen (secondary N) is 2. The molecule has 0 unspecified atom stereocenters. The maximum Gasteiger partial charge on any atom is 0.223 e. The van der Waals surface area contributed by atoms with Crippen LogP contribution < -0.4 is 10.6 Å². The summed E-state index contributed by atoms with van der Waals surface area (Å²) < 4.78 is 5.39. The van der Waals surface area contributed by atoms with Crippen LogP contribution in [0.2, 0.25) is 0 Å². The molecule has 0 aromatic rings. The van der Waals surface area contributed by atoms with E-state index in [1.54, 1.807) is 7.11 Å². The molecule has 1 heterocycles. The van der Waals surface area contributed by atoms with Crippen LogP contribution in [0.15, 0.2) is 0 Å². The molecule has 1 saturated heterocycles. The van der Waals surface area contributed by atoms with Crippen LogP contribution in [0.25, 0.3) is 0 Å². The van der Waals surface area contributed by atoms with Gasteiger partial charge >= 0.3 is 0 Å². The van der Waals surface area contributed by atoms with Crippen LogP contribution >= 0.6 is 0 Å². The van der Waals surface area contributed by atoms with E-state index in [1.165, 1.54) is 38.5 Å². The lowest BCUT2D eigenvalue weighted by Crippen LogP contribution is -2.40. The van der Waals surface area contributed by atoms with Crippen LogP contribution in [0.1, 0.15) is 44.9 Å². The second-order valence-corrected chi connectivity index (χ2v) is 7.23. The molecule has 3 aliphatic rings. The number of piperidine rings is 1. The van der Waals surface area contributed by atoms with E-state index in [1.807, 2.05) is 0 Å². The molecule has 0 bridgehead atoms. The molecule has 3 fully saturated rings. The summed E-state index contributed by atoms with van der Waals surface area (Å²) in [5.41, 5.74) is 0.556. The van der Waals surface area contributed by atoms with Gasteiger partial charge in [-0.15, -0.1) is 0 Å². The summed E-state index contributed by atoms with van der Waals surface area (Å²) in [6.45, 7) is 3.76. The standard InChI is InChI=1S/C16H28N2O2/c1-20-12-15(4-2-3-5-15)11-18-14(19)13-10-16(13)6-8-17-9-7-16/h13,17H,2-12H2,1H3,(H,18,19)/t13-/m0/s1. The smallest absolute Gasteiger partial charge is 0.223 e. The van der Waals surface area contributed by atoms with E-state index in [9.17, 15) is 4.79 Å². The van der Waals surface area contributed by atoms with E-state index in [0.717, 1.165) is 32.7 Å². The summed E-state index contributed by atoms with van der Waals surface area (Å²) in [6.07, 6.45) is 8.40. The number of hydrogen-bond donors (Lipinski definition) is 2. The number of carbonyl (C=O) groups is 1. The Balaban J connectivity index is 1.50. The predicted molar refractivity (Wildman–Crippen MR) is 78.4 cm³/mol. The fraction of sp³-hybridized carbons (Fsp3) is 0.938. The van der Waals surface area contributed by atoms with Crippen molar-refractivity contribution in [3.05, 3.63) is 0 Å². The van der Waals surface area contributed by atoms with Gasteiger partial charge in [-0.3, -0.25) is 4.79 Å². The molecule has 4 nitrogen and oxygen atoms in total. The van der Waals surface area contributed by atoms with Crippen LogP contribution in [-0.4, -0.2) is 39.3 Å². The third-order valence-electron chi connectivity index (χ3n) is 5.86. The van der Waals surface area contributed by atoms with E-state index >= 15 is 0 Å². The van der Waals surface area contributed by atoms with Crippen molar-refractivity contribution < 1.29 is 9.53 Å². The predicted octanol–water partition coefficient (Wildman–Crippen LogP) is 1.70. The summed E-state index contributed by atoms with van der Waals surface area (Å²) in [6, 6.07) is 0. The average Bonchev–Trinajstić information content (AvgIpc) is 2.95. The normalized spacial score (nSPS) is 30.4. The first-order valence-corrected chi connectivity index (χ1v) is 8.17. The highest BCUT2D eigenvalue weighted by Crippen LogP contribution is 2.58. The highest BCUT2D eigenvalue weighted by molar-refractivity contribution is 5.82. The molecule has 1 spiro atoms. The molecule has 2 aliphatic carbocycles. The Morgan fingerprint density at radius 1 is 1.25 bits per heavy atom. The Hall–Kier alpha value is -0.610. The number of rotatable bonds is 5. The number of ether oxygens (including phenoxy) is 1. The Morgan fingerprint density at radius 2 is 1.95 bits per heavy atom. The maximum absolute atomic E-state index is 12.4. The largest absolute Gasteiger partial charge is 0.384 e. The van der Waals surface area contributed by atoms with Crippen molar-refractivity contribution in [1.29, 1.82) is 0 Å². The zero-order chi connectivity index (χ0) is 14.1. The summed E-state index contributed by atoms with van der Waals surface area (Å²) >= 11 is 0. The molecule has 1 aliphatic heterocycles. The van der Waals surface area contributed by atoms with Crippen molar-refractivity contribution in [2.45, 2.75) is 44.9 Å². The van der Waals surface area contributed by atoms with Crippen molar-refractivity contribution in [3.8, 4) is 0 Å². The first kappa shape index (κ1) is 14.3. The third-order valence-corrected chi connectivity index (χ3v) is 5.86. The van der Waals surface area contributed by atoms with Gasteiger partial charge in [0.15, 0.2) is 0 Å². The summed E-state index contributed by atoms with van der Waals surface area (Å²) in [5.74, 6) is 0.583. The van der Waals surface area contributed by atoms with Gasteiger partial charge in [0.1, 0.15) is 0 Å². The molecular weight excluding hydrogens is 252 g/mol. The lowest BCUT2D eigenvalue weighted by Gasteiger charge is -2.29. The molecule has 2 saturated carbocycles. The van der Waals surface area contributed by atoms with E-state index in [2.05, 4.69) is 10.6 Å². The lowest BCUT2D eigenvalue weighted by atomic mass is 9.87. The fourth-order valence-corrected chi connectivity index (χ4v) is 4.40. The van der Waals surface area contributed by atoms with E-state index in [4.69, 9.17) is 4.74 Å². The highest BCUT2D eigenvalue weighted by atomic mass is 16.5. The van der Waals surface area contributed by atoms with Crippen LogP contribution in [-0.2, 0) is 9.53 Å². The third kappa shape index (κ3) is 2.73. The number of amides is 1. The van der Waals surface area contributed by atoms with Gasteiger partial charge in [0.25, 0.3) is 0 Å². The molecule has 2 N–H and O–H groups in total. The van der Waals surface area contributed by atoms with Gasteiger partial charge in [0, 0.05) is 25.0 Å². The Labute approximate surface area is 122 Å². The number of carbonyl (C=O) groups excluding carboxylic acids is 1. The van der Waals surface area contributed by atoms with Crippen LogP contribution in [0, 0.1) is 16.7 Å². The van der Waals surface area contributed by atoms with Crippen molar-refractivity contribution >= 4 is 5.91 Å². The average molecular weight is 280 g/mol. The maximum atomic E-state index is 12.4.